The molecule has 1 N–H and O–H groups in total. The second-order valence-electron chi connectivity index (χ2n) is 7.61. The van der Waals surface area contributed by atoms with E-state index in [0.717, 1.165) is 18.9 Å². The van der Waals surface area contributed by atoms with E-state index in [2.05, 4.69) is 0 Å². The Hall–Kier alpha value is -3.08. The van der Waals surface area contributed by atoms with Gasteiger partial charge >= 0.3 is 5.69 Å². The minimum atomic E-state index is -0.459. The third kappa shape index (κ3) is 5.05. The third-order valence-electron chi connectivity index (χ3n) is 5.42. The number of aromatic nitrogens is 2. The number of aryl methyl sites for hydroxylation is 2. The lowest BCUT2D eigenvalue weighted by atomic mass is 10.1. The zero-order valence-corrected chi connectivity index (χ0v) is 17.0. The summed E-state index contributed by atoms with van der Waals surface area (Å²) in [6, 6.07) is 20.7. The molecule has 0 fully saturated rings. The summed E-state index contributed by atoms with van der Waals surface area (Å²) in [7, 11) is 0. The lowest BCUT2D eigenvalue weighted by Gasteiger charge is -2.21. The average molecular weight is 392 g/mol. The smallest absolute Gasteiger partial charge is 0.334 e. The molecule has 0 aliphatic rings. The van der Waals surface area contributed by atoms with E-state index in [1.807, 2.05) is 74.5 Å². The van der Waals surface area contributed by atoms with E-state index in [9.17, 15) is 14.7 Å². The summed E-state index contributed by atoms with van der Waals surface area (Å²) in [4.78, 5) is 25.5. The van der Waals surface area contributed by atoms with E-state index in [4.69, 9.17) is 0 Å². The Morgan fingerprint density at radius 3 is 1.69 bits per heavy atom. The van der Waals surface area contributed by atoms with Gasteiger partial charge < -0.3 is 5.11 Å². The fourth-order valence-electron chi connectivity index (χ4n) is 3.68. The molecule has 5 heteroatoms. The molecule has 0 aliphatic carbocycles. The molecular formula is C24H28N2O3. The van der Waals surface area contributed by atoms with Crippen molar-refractivity contribution in [2.24, 2.45) is 0 Å². The van der Waals surface area contributed by atoms with Gasteiger partial charge in [0.05, 0.1) is 6.07 Å². The fourth-order valence-corrected chi connectivity index (χ4v) is 3.68. The van der Waals surface area contributed by atoms with Crippen LogP contribution in [0, 0.1) is 0 Å². The van der Waals surface area contributed by atoms with Gasteiger partial charge in [-0.25, -0.2) is 4.79 Å². The molecule has 3 rings (SSSR count). The number of hydrogen-bond donors (Lipinski definition) is 1. The maximum atomic E-state index is 13.1. The zero-order valence-electron chi connectivity index (χ0n) is 17.0. The van der Waals surface area contributed by atoms with Crippen molar-refractivity contribution in [1.82, 2.24) is 9.13 Å². The zero-order chi connectivity index (χ0) is 20.8. The summed E-state index contributed by atoms with van der Waals surface area (Å²) in [5.74, 6) is -0.271. The van der Waals surface area contributed by atoms with Crippen LogP contribution in [-0.2, 0) is 12.8 Å². The predicted molar refractivity (Wildman–Crippen MR) is 116 cm³/mol. The maximum Gasteiger partial charge on any atom is 0.334 e. The predicted octanol–water partition coefficient (Wildman–Crippen LogP) is 4.10. The Balaban J connectivity index is 1.79. The minimum absolute atomic E-state index is 0.226. The molecule has 0 spiro atoms. The van der Waals surface area contributed by atoms with Gasteiger partial charge in [-0.1, -0.05) is 60.7 Å². The highest BCUT2D eigenvalue weighted by Gasteiger charge is 2.19. The number of rotatable bonds is 8. The number of benzene rings is 2. The molecule has 0 aliphatic heterocycles. The minimum Gasteiger partial charge on any atom is -0.494 e. The van der Waals surface area contributed by atoms with Gasteiger partial charge in [-0.05, 0) is 50.7 Å². The van der Waals surface area contributed by atoms with Crippen molar-refractivity contribution in [3.05, 3.63) is 98.7 Å². The molecule has 2 unspecified atom stereocenters. The van der Waals surface area contributed by atoms with Gasteiger partial charge in [0.2, 0.25) is 5.88 Å². The van der Waals surface area contributed by atoms with Gasteiger partial charge in [0, 0.05) is 12.1 Å². The van der Waals surface area contributed by atoms with E-state index < -0.39 is 11.2 Å². The first-order valence-electron chi connectivity index (χ1n) is 10.1. The Morgan fingerprint density at radius 2 is 1.21 bits per heavy atom. The van der Waals surface area contributed by atoms with Gasteiger partial charge in [0.25, 0.3) is 5.56 Å². The van der Waals surface area contributed by atoms with Gasteiger partial charge in [0.1, 0.15) is 0 Å². The first kappa shape index (κ1) is 20.6. The molecule has 0 amide bonds. The lowest BCUT2D eigenvalue weighted by molar-refractivity contribution is 0.339. The lowest BCUT2D eigenvalue weighted by Crippen LogP contribution is -2.42. The molecule has 2 atom stereocenters. The summed E-state index contributed by atoms with van der Waals surface area (Å²) < 4.78 is 2.60. The summed E-state index contributed by atoms with van der Waals surface area (Å²) in [6.45, 7) is 3.77. The van der Waals surface area contributed by atoms with Crippen molar-refractivity contribution in [2.75, 3.05) is 0 Å². The third-order valence-corrected chi connectivity index (χ3v) is 5.42. The van der Waals surface area contributed by atoms with E-state index in [1.54, 1.807) is 0 Å². The number of hydrogen-bond acceptors (Lipinski definition) is 3. The van der Waals surface area contributed by atoms with Crippen LogP contribution in [0.4, 0.5) is 0 Å². The van der Waals surface area contributed by atoms with Crippen LogP contribution in [0.25, 0.3) is 0 Å². The Labute approximate surface area is 170 Å². The molecule has 0 radical (unpaired) electrons. The van der Waals surface area contributed by atoms with Crippen LogP contribution in [0.3, 0.4) is 0 Å². The standard InChI is InChI=1S/C24H28N2O3/c1-18(13-15-20-9-5-3-6-10-20)25-22(27)17-23(28)26(24(25)29)19(2)14-16-21-11-7-4-8-12-21/h3-12,17-19,27H,13-16H2,1-2H3. The molecule has 1 heterocycles. The first-order chi connectivity index (χ1) is 14.0. The number of aromatic hydroxyl groups is 1. The molecule has 152 valence electrons. The van der Waals surface area contributed by atoms with Gasteiger partial charge in [-0.15, -0.1) is 0 Å². The largest absolute Gasteiger partial charge is 0.494 e. The molecule has 0 saturated heterocycles. The van der Waals surface area contributed by atoms with Crippen LogP contribution in [-0.4, -0.2) is 14.2 Å². The molecular weight excluding hydrogens is 364 g/mol. The average Bonchev–Trinajstić information content (AvgIpc) is 2.72. The quantitative estimate of drug-likeness (QED) is 0.628. The Bertz CT molecular complexity index is 1040. The normalized spacial score (nSPS) is 13.2. The summed E-state index contributed by atoms with van der Waals surface area (Å²) in [6.07, 6.45) is 2.92. The van der Waals surface area contributed by atoms with Crippen molar-refractivity contribution in [1.29, 1.82) is 0 Å². The van der Waals surface area contributed by atoms with Crippen molar-refractivity contribution in [3.63, 3.8) is 0 Å². The van der Waals surface area contributed by atoms with Gasteiger partial charge in [-0.3, -0.25) is 13.9 Å². The summed E-state index contributed by atoms with van der Waals surface area (Å²) >= 11 is 0. The van der Waals surface area contributed by atoms with Crippen LogP contribution >= 0.6 is 0 Å². The second-order valence-corrected chi connectivity index (χ2v) is 7.61. The van der Waals surface area contributed by atoms with Crippen molar-refractivity contribution in [3.8, 4) is 5.88 Å². The fraction of sp³-hybridized carbons (Fsp3) is 0.333. The second kappa shape index (κ2) is 9.41. The van der Waals surface area contributed by atoms with E-state index in [0.29, 0.717) is 12.8 Å². The topological polar surface area (TPSA) is 64.2 Å². The monoisotopic (exact) mass is 392 g/mol. The molecule has 3 aromatic rings. The van der Waals surface area contributed by atoms with Gasteiger partial charge in [-0.2, -0.15) is 0 Å². The van der Waals surface area contributed by atoms with E-state index in [1.165, 1.54) is 20.3 Å². The number of nitrogens with zero attached hydrogens (tertiary/aromatic N) is 2. The Morgan fingerprint density at radius 1 is 0.759 bits per heavy atom. The van der Waals surface area contributed by atoms with Crippen LogP contribution in [0.15, 0.2) is 76.3 Å². The molecule has 0 bridgehead atoms. The molecule has 29 heavy (non-hydrogen) atoms. The molecule has 5 nitrogen and oxygen atoms in total. The first-order valence-corrected chi connectivity index (χ1v) is 10.1. The molecule has 2 aromatic carbocycles. The van der Waals surface area contributed by atoms with Crippen LogP contribution < -0.4 is 11.2 Å². The van der Waals surface area contributed by atoms with E-state index >= 15 is 0 Å². The highest BCUT2D eigenvalue weighted by atomic mass is 16.3. The van der Waals surface area contributed by atoms with Crippen LogP contribution in [0.5, 0.6) is 5.88 Å². The molecule has 1 aromatic heterocycles. The van der Waals surface area contributed by atoms with Gasteiger partial charge in [0.15, 0.2) is 0 Å². The van der Waals surface area contributed by atoms with Crippen LogP contribution in [0.1, 0.15) is 49.9 Å². The SMILES string of the molecule is CC(CCc1ccccc1)n1c(O)cc(=O)n(C(C)CCc2ccccc2)c1=O. The molecule has 0 saturated carbocycles. The van der Waals surface area contributed by atoms with Crippen molar-refractivity contribution >= 4 is 0 Å². The van der Waals surface area contributed by atoms with Crippen LogP contribution in [0.2, 0.25) is 0 Å². The van der Waals surface area contributed by atoms with Crippen molar-refractivity contribution < 1.29 is 5.11 Å². The summed E-state index contributed by atoms with van der Waals surface area (Å²) in [5, 5.41) is 10.3. The highest BCUT2D eigenvalue weighted by molar-refractivity contribution is 5.16. The van der Waals surface area contributed by atoms with Crippen molar-refractivity contribution in [2.45, 2.75) is 51.6 Å². The maximum absolute atomic E-state index is 13.1. The Kier molecular flexibility index (Phi) is 6.70. The summed E-state index contributed by atoms with van der Waals surface area (Å²) in [5.41, 5.74) is 1.44. The van der Waals surface area contributed by atoms with E-state index in [-0.39, 0.29) is 18.0 Å². The highest BCUT2D eigenvalue weighted by Crippen LogP contribution is 2.19.